The topological polar surface area (TPSA) is 91.4 Å². The molecule has 7 nitrogen and oxygen atoms in total. The van der Waals surface area contributed by atoms with Crippen LogP contribution in [0.3, 0.4) is 0 Å². The second kappa shape index (κ2) is 9.12. The van der Waals surface area contributed by atoms with E-state index in [0.717, 1.165) is 12.8 Å². The Hall–Kier alpha value is -3.22. The SMILES string of the molecule is CC(=O)Nc1cccc(C(=O)N2CCC(CNC(=O)c3cccnc3)CC2)c1. The molecule has 3 rings (SSSR count). The molecule has 0 saturated carbocycles. The zero-order valence-electron chi connectivity index (χ0n) is 15.9. The summed E-state index contributed by atoms with van der Waals surface area (Å²) in [5, 5.41) is 5.64. The van der Waals surface area contributed by atoms with E-state index in [9.17, 15) is 14.4 Å². The van der Waals surface area contributed by atoms with Crippen LogP contribution in [0.5, 0.6) is 0 Å². The maximum absolute atomic E-state index is 12.7. The smallest absolute Gasteiger partial charge is 0.253 e. The van der Waals surface area contributed by atoms with Crippen molar-refractivity contribution in [3.8, 4) is 0 Å². The number of aromatic nitrogens is 1. The minimum Gasteiger partial charge on any atom is -0.352 e. The fourth-order valence-electron chi connectivity index (χ4n) is 3.29. The maximum atomic E-state index is 12.7. The summed E-state index contributed by atoms with van der Waals surface area (Å²) in [5.41, 5.74) is 1.73. The normalized spacial score (nSPS) is 14.4. The molecule has 7 heteroatoms. The van der Waals surface area contributed by atoms with Crippen molar-refractivity contribution in [1.82, 2.24) is 15.2 Å². The van der Waals surface area contributed by atoms with Crippen molar-refractivity contribution >= 4 is 23.4 Å². The van der Waals surface area contributed by atoms with E-state index in [1.807, 2.05) is 4.90 Å². The van der Waals surface area contributed by atoms with Crippen LogP contribution in [-0.2, 0) is 4.79 Å². The van der Waals surface area contributed by atoms with Crippen LogP contribution in [0.25, 0.3) is 0 Å². The highest BCUT2D eigenvalue weighted by Gasteiger charge is 2.24. The minimum atomic E-state index is -0.168. The fraction of sp³-hybridized carbons (Fsp3) is 0.333. The van der Waals surface area contributed by atoms with Crippen molar-refractivity contribution in [2.24, 2.45) is 5.92 Å². The third-order valence-corrected chi connectivity index (χ3v) is 4.81. The van der Waals surface area contributed by atoms with E-state index < -0.39 is 0 Å². The van der Waals surface area contributed by atoms with Gasteiger partial charge >= 0.3 is 0 Å². The van der Waals surface area contributed by atoms with Gasteiger partial charge in [0.25, 0.3) is 11.8 Å². The molecule has 1 aromatic heterocycles. The van der Waals surface area contributed by atoms with Crippen molar-refractivity contribution in [1.29, 1.82) is 0 Å². The number of amides is 3. The van der Waals surface area contributed by atoms with Gasteiger partial charge in [-0.15, -0.1) is 0 Å². The molecule has 146 valence electrons. The van der Waals surface area contributed by atoms with Crippen molar-refractivity contribution in [3.05, 3.63) is 59.9 Å². The summed E-state index contributed by atoms with van der Waals surface area (Å²) in [6.07, 6.45) is 4.86. The molecular weight excluding hydrogens is 356 g/mol. The van der Waals surface area contributed by atoms with E-state index in [2.05, 4.69) is 15.6 Å². The third-order valence-electron chi connectivity index (χ3n) is 4.81. The molecule has 0 atom stereocenters. The van der Waals surface area contributed by atoms with Crippen molar-refractivity contribution < 1.29 is 14.4 Å². The zero-order chi connectivity index (χ0) is 19.9. The van der Waals surface area contributed by atoms with Gasteiger partial charge in [-0.05, 0) is 49.1 Å². The fourth-order valence-corrected chi connectivity index (χ4v) is 3.29. The molecule has 1 aromatic carbocycles. The van der Waals surface area contributed by atoms with E-state index in [1.165, 1.54) is 6.92 Å². The van der Waals surface area contributed by atoms with E-state index in [4.69, 9.17) is 0 Å². The number of hydrogen-bond donors (Lipinski definition) is 2. The summed E-state index contributed by atoms with van der Waals surface area (Å²) >= 11 is 0. The van der Waals surface area contributed by atoms with Gasteiger partial charge in [0.15, 0.2) is 0 Å². The predicted molar refractivity (Wildman–Crippen MR) is 106 cm³/mol. The van der Waals surface area contributed by atoms with Crippen molar-refractivity contribution in [2.75, 3.05) is 25.0 Å². The zero-order valence-corrected chi connectivity index (χ0v) is 15.9. The van der Waals surface area contributed by atoms with Crippen LogP contribution < -0.4 is 10.6 Å². The second-order valence-corrected chi connectivity index (χ2v) is 6.95. The van der Waals surface area contributed by atoms with Crippen LogP contribution in [0.2, 0.25) is 0 Å². The lowest BCUT2D eigenvalue weighted by atomic mass is 9.96. The number of anilines is 1. The summed E-state index contributed by atoms with van der Waals surface area (Å²) in [7, 11) is 0. The first-order valence-electron chi connectivity index (χ1n) is 9.38. The predicted octanol–water partition coefficient (Wildman–Crippen LogP) is 2.32. The number of hydrogen-bond acceptors (Lipinski definition) is 4. The monoisotopic (exact) mass is 380 g/mol. The van der Waals surface area contributed by atoms with Crippen LogP contribution in [0.4, 0.5) is 5.69 Å². The first-order valence-corrected chi connectivity index (χ1v) is 9.38. The second-order valence-electron chi connectivity index (χ2n) is 6.95. The molecule has 1 aliphatic rings. The van der Waals surface area contributed by atoms with Gasteiger partial charge in [-0.2, -0.15) is 0 Å². The molecule has 3 amide bonds. The number of nitrogens with one attached hydrogen (secondary N) is 2. The average molecular weight is 380 g/mol. The quantitative estimate of drug-likeness (QED) is 0.833. The Bertz CT molecular complexity index is 846. The van der Waals surface area contributed by atoms with Gasteiger partial charge in [-0.25, -0.2) is 0 Å². The number of nitrogens with zero attached hydrogens (tertiary/aromatic N) is 2. The van der Waals surface area contributed by atoms with Crippen molar-refractivity contribution in [2.45, 2.75) is 19.8 Å². The molecule has 0 bridgehead atoms. The average Bonchev–Trinajstić information content (AvgIpc) is 2.72. The van der Waals surface area contributed by atoms with Crippen molar-refractivity contribution in [3.63, 3.8) is 0 Å². The Morgan fingerprint density at radius 2 is 1.86 bits per heavy atom. The van der Waals surface area contributed by atoms with Crippen LogP contribution >= 0.6 is 0 Å². The molecule has 1 fully saturated rings. The first-order chi connectivity index (χ1) is 13.5. The summed E-state index contributed by atoms with van der Waals surface area (Å²) in [4.78, 5) is 41.8. The Balaban J connectivity index is 1.49. The maximum Gasteiger partial charge on any atom is 0.253 e. The summed E-state index contributed by atoms with van der Waals surface area (Å²) in [5.74, 6) is 0.0144. The first kappa shape index (κ1) is 19.5. The van der Waals surface area contributed by atoms with Crippen LogP contribution in [-0.4, -0.2) is 47.2 Å². The Morgan fingerprint density at radius 1 is 1.11 bits per heavy atom. The van der Waals surface area contributed by atoms with Gasteiger partial charge in [0.1, 0.15) is 0 Å². The van der Waals surface area contributed by atoms with E-state index in [0.29, 0.717) is 42.4 Å². The number of rotatable bonds is 5. The molecule has 0 aliphatic carbocycles. The van der Waals surface area contributed by atoms with Crippen LogP contribution in [0, 0.1) is 5.92 Å². The Labute approximate surface area is 164 Å². The molecule has 0 unspecified atom stereocenters. The number of pyridine rings is 1. The molecule has 1 saturated heterocycles. The van der Waals surface area contributed by atoms with Gasteiger partial charge in [-0.1, -0.05) is 6.07 Å². The number of carbonyl (C=O) groups is 3. The van der Waals surface area contributed by atoms with E-state index >= 15 is 0 Å². The third kappa shape index (κ3) is 5.16. The summed E-state index contributed by atoms with van der Waals surface area (Å²) in [6.45, 7) is 3.33. The number of benzene rings is 1. The number of carbonyl (C=O) groups excluding carboxylic acids is 3. The molecular formula is C21H24N4O3. The Kier molecular flexibility index (Phi) is 6.37. The van der Waals surface area contributed by atoms with E-state index in [1.54, 1.807) is 48.8 Å². The summed E-state index contributed by atoms with van der Waals surface area (Å²) < 4.78 is 0. The van der Waals surface area contributed by atoms with E-state index in [-0.39, 0.29) is 17.7 Å². The Morgan fingerprint density at radius 3 is 2.54 bits per heavy atom. The minimum absolute atomic E-state index is 0.0370. The molecule has 0 spiro atoms. The van der Waals surface area contributed by atoms with Gasteiger partial charge < -0.3 is 15.5 Å². The molecule has 28 heavy (non-hydrogen) atoms. The molecule has 2 N–H and O–H groups in total. The summed E-state index contributed by atoms with van der Waals surface area (Å²) in [6, 6.07) is 10.4. The molecule has 0 radical (unpaired) electrons. The van der Waals surface area contributed by atoms with Gasteiger partial charge in [-0.3, -0.25) is 19.4 Å². The highest BCUT2D eigenvalue weighted by Crippen LogP contribution is 2.20. The largest absolute Gasteiger partial charge is 0.352 e. The standard InChI is InChI=1S/C21H24N4O3/c1-15(26)24-19-6-2-4-17(12-19)21(28)25-10-7-16(8-11-25)13-23-20(27)18-5-3-9-22-14-18/h2-6,9,12,14,16H,7-8,10-11,13H2,1H3,(H,23,27)(H,24,26). The lowest BCUT2D eigenvalue weighted by molar-refractivity contribution is -0.114. The van der Waals surface area contributed by atoms with Crippen LogP contribution in [0.15, 0.2) is 48.8 Å². The number of likely N-dealkylation sites (tertiary alicyclic amines) is 1. The lowest BCUT2D eigenvalue weighted by Crippen LogP contribution is -2.41. The lowest BCUT2D eigenvalue weighted by Gasteiger charge is -2.32. The molecule has 2 heterocycles. The van der Waals surface area contributed by atoms with Gasteiger partial charge in [0, 0.05) is 50.2 Å². The molecule has 2 aromatic rings. The van der Waals surface area contributed by atoms with Gasteiger partial charge in [0.05, 0.1) is 5.56 Å². The molecule has 1 aliphatic heterocycles. The van der Waals surface area contributed by atoms with Crippen LogP contribution in [0.1, 0.15) is 40.5 Å². The highest BCUT2D eigenvalue weighted by atomic mass is 16.2. The van der Waals surface area contributed by atoms with Gasteiger partial charge in [0.2, 0.25) is 5.91 Å². The number of piperidine rings is 1. The highest BCUT2D eigenvalue weighted by molar-refractivity contribution is 5.97.